The Labute approximate surface area is 133 Å². The van der Waals surface area contributed by atoms with Crippen LogP contribution in [0.25, 0.3) is 11.1 Å². The van der Waals surface area contributed by atoms with Crippen LogP contribution in [-0.2, 0) is 6.54 Å². The number of oxazole rings is 1. The third kappa shape index (κ3) is 2.90. The standard InChI is InChI=1S/C16H19N5O2/c1-5-21-10(3)15(9(2)20-21)19-16(22)18-12-6-7-13-14(8-12)23-11(4)17-13/h6-8H,5H2,1-4H3,(H2,18,19,22). The number of anilines is 2. The SMILES string of the molecule is CCn1nc(C)c(NC(=O)Nc2ccc3nc(C)oc3c2)c1C. The van der Waals surface area contributed by atoms with E-state index in [4.69, 9.17) is 4.42 Å². The van der Waals surface area contributed by atoms with Crippen molar-refractivity contribution in [3.05, 3.63) is 35.5 Å². The molecule has 0 atom stereocenters. The number of aryl methyl sites for hydroxylation is 3. The summed E-state index contributed by atoms with van der Waals surface area (Å²) < 4.78 is 7.32. The van der Waals surface area contributed by atoms with E-state index in [0.29, 0.717) is 17.2 Å². The average molecular weight is 313 g/mol. The monoisotopic (exact) mass is 313 g/mol. The fourth-order valence-corrected chi connectivity index (χ4v) is 2.58. The summed E-state index contributed by atoms with van der Waals surface area (Å²) in [5.41, 5.74) is 4.52. The second-order valence-corrected chi connectivity index (χ2v) is 5.36. The first kappa shape index (κ1) is 15.1. The van der Waals surface area contributed by atoms with Gasteiger partial charge in [-0.15, -0.1) is 0 Å². The normalized spacial score (nSPS) is 11.0. The quantitative estimate of drug-likeness (QED) is 0.773. The van der Waals surface area contributed by atoms with E-state index in [9.17, 15) is 4.79 Å². The molecule has 7 heteroatoms. The van der Waals surface area contributed by atoms with Crippen molar-refractivity contribution in [2.24, 2.45) is 0 Å². The Morgan fingerprint density at radius 3 is 2.74 bits per heavy atom. The van der Waals surface area contributed by atoms with Crippen molar-refractivity contribution < 1.29 is 9.21 Å². The van der Waals surface area contributed by atoms with Crippen LogP contribution in [-0.4, -0.2) is 20.8 Å². The van der Waals surface area contributed by atoms with Gasteiger partial charge in [-0.25, -0.2) is 9.78 Å². The Kier molecular flexibility index (Phi) is 3.77. The van der Waals surface area contributed by atoms with Crippen LogP contribution in [0.15, 0.2) is 22.6 Å². The number of carbonyl (C=O) groups is 1. The second-order valence-electron chi connectivity index (χ2n) is 5.36. The van der Waals surface area contributed by atoms with E-state index < -0.39 is 0 Å². The van der Waals surface area contributed by atoms with Crippen LogP contribution >= 0.6 is 0 Å². The van der Waals surface area contributed by atoms with Gasteiger partial charge in [0.25, 0.3) is 0 Å². The molecule has 0 fully saturated rings. The number of carbonyl (C=O) groups excluding carboxylic acids is 1. The molecule has 0 aliphatic heterocycles. The minimum atomic E-state index is -0.317. The molecule has 1 aromatic carbocycles. The Bertz CT molecular complexity index is 878. The molecule has 2 heterocycles. The summed E-state index contributed by atoms with van der Waals surface area (Å²) in [6, 6.07) is 5.04. The fourth-order valence-electron chi connectivity index (χ4n) is 2.58. The summed E-state index contributed by atoms with van der Waals surface area (Å²) in [5.74, 6) is 0.597. The minimum absolute atomic E-state index is 0.317. The van der Waals surface area contributed by atoms with Gasteiger partial charge in [0, 0.05) is 25.2 Å². The maximum absolute atomic E-state index is 12.2. The number of nitrogens with zero attached hydrogens (tertiary/aromatic N) is 3. The molecule has 3 rings (SSSR count). The van der Waals surface area contributed by atoms with Crippen LogP contribution in [0.4, 0.5) is 16.2 Å². The first-order valence-corrected chi connectivity index (χ1v) is 7.47. The van der Waals surface area contributed by atoms with Crippen LogP contribution in [0.3, 0.4) is 0 Å². The van der Waals surface area contributed by atoms with Crippen LogP contribution in [0.5, 0.6) is 0 Å². The van der Waals surface area contributed by atoms with Crippen molar-refractivity contribution >= 4 is 28.5 Å². The van der Waals surface area contributed by atoms with Gasteiger partial charge < -0.3 is 15.1 Å². The molecule has 0 bridgehead atoms. The van der Waals surface area contributed by atoms with Crippen molar-refractivity contribution in [3.63, 3.8) is 0 Å². The van der Waals surface area contributed by atoms with Gasteiger partial charge in [0.15, 0.2) is 11.5 Å². The van der Waals surface area contributed by atoms with Crippen molar-refractivity contribution in [2.45, 2.75) is 34.2 Å². The maximum Gasteiger partial charge on any atom is 0.323 e. The highest BCUT2D eigenvalue weighted by Crippen LogP contribution is 2.22. The lowest BCUT2D eigenvalue weighted by Crippen LogP contribution is -2.20. The number of urea groups is 1. The van der Waals surface area contributed by atoms with Crippen molar-refractivity contribution in [1.29, 1.82) is 0 Å². The molecular formula is C16H19N5O2. The number of benzene rings is 1. The van der Waals surface area contributed by atoms with Crippen molar-refractivity contribution in [3.8, 4) is 0 Å². The number of amides is 2. The van der Waals surface area contributed by atoms with E-state index in [1.165, 1.54) is 0 Å². The molecule has 0 aliphatic carbocycles. The number of aromatic nitrogens is 3. The molecule has 0 saturated carbocycles. The number of nitrogens with one attached hydrogen (secondary N) is 2. The van der Waals surface area contributed by atoms with Gasteiger partial charge in [-0.1, -0.05) is 0 Å². The zero-order valence-corrected chi connectivity index (χ0v) is 13.6. The molecule has 2 aromatic heterocycles. The highest BCUT2D eigenvalue weighted by molar-refractivity contribution is 6.01. The highest BCUT2D eigenvalue weighted by Gasteiger charge is 2.14. The summed E-state index contributed by atoms with van der Waals surface area (Å²) in [7, 11) is 0. The number of fused-ring (bicyclic) bond motifs is 1. The Morgan fingerprint density at radius 1 is 1.26 bits per heavy atom. The molecule has 0 saturated heterocycles. The van der Waals surface area contributed by atoms with E-state index in [1.54, 1.807) is 19.1 Å². The predicted molar refractivity (Wildman–Crippen MR) is 88.8 cm³/mol. The lowest BCUT2D eigenvalue weighted by Gasteiger charge is -2.08. The Hall–Kier alpha value is -2.83. The van der Waals surface area contributed by atoms with Gasteiger partial charge in [0.05, 0.1) is 17.1 Å². The van der Waals surface area contributed by atoms with Gasteiger partial charge >= 0.3 is 6.03 Å². The van der Waals surface area contributed by atoms with Crippen LogP contribution < -0.4 is 10.6 Å². The van der Waals surface area contributed by atoms with Crippen molar-refractivity contribution in [2.75, 3.05) is 10.6 Å². The molecular weight excluding hydrogens is 294 g/mol. The summed E-state index contributed by atoms with van der Waals surface area (Å²) in [5, 5.41) is 10.0. The molecule has 3 aromatic rings. The summed E-state index contributed by atoms with van der Waals surface area (Å²) >= 11 is 0. The van der Waals surface area contributed by atoms with E-state index in [1.807, 2.05) is 31.5 Å². The lowest BCUT2D eigenvalue weighted by atomic mass is 10.3. The van der Waals surface area contributed by atoms with E-state index in [2.05, 4.69) is 20.7 Å². The molecule has 23 heavy (non-hydrogen) atoms. The lowest BCUT2D eigenvalue weighted by molar-refractivity contribution is 0.262. The summed E-state index contributed by atoms with van der Waals surface area (Å²) in [4.78, 5) is 16.5. The maximum atomic E-state index is 12.2. The molecule has 0 aliphatic rings. The smallest absolute Gasteiger partial charge is 0.323 e. The molecule has 2 N–H and O–H groups in total. The molecule has 0 unspecified atom stereocenters. The van der Waals surface area contributed by atoms with Gasteiger partial charge in [0.1, 0.15) is 5.52 Å². The molecule has 0 radical (unpaired) electrons. The summed E-state index contributed by atoms with van der Waals surface area (Å²) in [6.45, 7) is 8.37. The second kappa shape index (κ2) is 5.75. The van der Waals surface area contributed by atoms with E-state index >= 15 is 0 Å². The first-order chi connectivity index (χ1) is 11.0. The van der Waals surface area contributed by atoms with E-state index in [0.717, 1.165) is 29.1 Å². The zero-order chi connectivity index (χ0) is 16.6. The van der Waals surface area contributed by atoms with Crippen LogP contribution in [0.2, 0.25) is 0 Å². The largest absolute Gasteiger partial charge is 0.441 e. The van der Waals surface area contributed by atoms with Gasteiger partial charge in [0.2, 0.25) is 0 Å². The van der Waals surface area contributed by atoms with Crippen molar-refractivity contribution in [1.82, 2.24) is 14.8 Å². The molecule has 7 nitrogen and oxygen atoms in total. The fraction of sp³-hybridized carbons (Fsp3) is 0.312. The molecule has 0 spiro atoms. The Morgan fingerprint density at radius 2 is 2.04 bits per heavy atom. The Balaban J connectivity index is 1.77. The predicted octanol–water partition coefficient (Wildman–Crippen LogP) is 3.61. The number of rotatable bonds is 3. The van der Waals surface area contributed by atoms with E-state index in [-0.39, 0.29) is 6.03 Å². The number of hydrogen-bond donors (Lipinski definition) is 2. The zero-order valence-electron chi connectivity index (χ0n) is 13.6. The minimum Gasteiger partial charge on any atom is -0.441 e. The third-order valence-corrected chi connectivity index (χ3v) is 3.67. The number of hydrogen-bond acceptors (Lipinski definition) is 4. The van der Waals surface area contributed by atoms with Gasteiger partial charge in [-0.2, -0.15) is 5.10 Å². The average Bonchev–Trinajstić information content (AvgIpc) is 3.00. The highest BCUT2D eigenvalue weighted by atomic mass is 16.3. The molecule has 2 amide bonds. The van der Waals surface area contributed by atoms with Gasteiger partial charge in [-0.3, -0.25) is 4.68 Å². The first-order valence-electron chi connectivity index (χ1n) is 7.47. The topological polar surface area (TPSA) is 85.0 Å². The van der Waals surface area contributed by atoms with Crippen LogP contribution in [0.1, 0.15) is 24.2 Å². The van der Waals surface area contributed by atoms with Crippen LogP contribution in [0, 0.1) is 20.8 Å². The van der Waals surface area contributed by atoms with Gasteiger partial charge in [-0.05, 0) is 32.9 Å². The third-order valence-electron chi connectivity index (χ3n) is 3.67. The summed E-state index contributed by atoms with van der Waals surface area (Å²) in [6.07, 6.45) is 0. The molecule has 120 valence electrons.